The molecule has 0 bridgehead atoms. The van der Waals surface area contributed by atoms with Crippen molar-refractivity contribution >= 4 is 5.91 Å². The van der Waals surface area contributed by atoms with E-state index in [4.69, 9.17) is 5.11 Å². The lowest BCUT2D eigenvalue weighted by molar-refractivity contribution is -0.123. The van der Waals surface area contributed by atoms with E-state index in [1.165, 1.54) is 19.3 Å². The quantitative estimate of drug-likeness (QED) is 0.670. The van der Waals surface area contributed by atoms with Gasteiger partial charge in [-0.25, -0.2) is 0 Å². The van der Waals surface area contributed by atoms with E-state index < -0.39 is 6.10 Å². The Morgan fingerprint density at radius 3 is 2.69 bits per heavy atom. The Labute approximate surface area is 78.5 Å². The Balaban J connectivity index is 1.74. The molecule has 0 spiro atoms. The number of fused-ring (bicyclic) bond motifs is 1. The molecule has 1 amide bonds. The number of aliphatic hydroxyl groups excluding tert-OH is 1. The van der Waals surface area contributed by atoms with Crippen LogP contribution < -0.4 is 5.32 Å². The van der Waals surface area contributed by atoms with E-state index in [1.54, 1.807) is 6.92 Å². The van der Waals surface area contributed by atoms with Gasteiger partial charge in [0.05, 0.1) is 6.10 Å². The van der Waals surface area contributed by atoms with Gasteiger partial charge < -0.3 is 10.4 Å². The van der Waals surface area contributed by atoms with Gasteiger partial charge in [0.2, 0.25) is 5.91 Å². The maximum absolute atomic E-state index is 11.5. The molecule has 13 heavy (non-hydrogen) atoms. The van der Waals surface area contributed by atoms with Gasteiger partial charge in [-0.3, -0.25) is 4.79 Å². The maximum atomic E-state index is 11.5. The van der Waals surface area contributed by atoms with Gasteiger partial charge in [-0.2, -0.15) is 0 Å². The van der Waals surface area contributed by atoms with Crippen LogP contribution in [0.2, 0.25) is 0 Å². The molecule has 2 unspecified atom stereocenters. The molecule has 2 rings (SSSR count). The summed E-state index contributed by atoms with van der Waals surface area (Å²) in [5, 5.41) is 11.8. The highest BCUT2D eigenvalue weighted by Gasteiger charge is 2.56. The van der Waals surface area contributed by atoms with Gasteiger partial charge in [0.25, 0.3) is 0 Å². The minimum Gasteiger partial charge on any atom is -0.392 e. The summed E-state index contributed by atoms with van der Waals surface area (Å²) in [6, 6.07) is 0. The van der Waals surface area contributed by atoms with Gasteiger partial charge >= 0.3 is 0 Å². The molecule has 2 N–H and O–H groups in total. The summed E-state index contributed by atoms with van der Waals surface area (Å²) in [5.41, 5.74) is 0. The first-order valence-corrected chi connectivity index (χ1v) is 5.16. The average molecular weight is 183 g/mol. The van der Waals surface area contributed by atoms with Crippen LogP contribution in [-0.4, -0.2) is 23.7 Å². The summed E-state index contributed by atoms with van der Waals surface area (Å²) >= 11 is 0. The van der Waals surface area contributed by atoms with E-state index in [-0.39, 0.29) is 11.8 Å². The van der Waals surface area contributed by atoms with Gasteiger partial charge in [-0.05, 0) is 31.6 Å². The second-order valence-electron chi connectivity index (χ2n) is 4.38. The normalized spacial score (nSPS) is 38.2. The van der Waals surface area contributed by atoms with E-state index in [0.29, 0.717) is 18.4 Å². The molecule has 0 aromatic rings. The molecule has 0 heterocycles. The minimum atomic E-state index is -0.428. The SMILES string of the molecule is C[C@@H](O)CNC(=O)C1C2CCCC21. The lowest BCUT2D eigenvalue weighted by Crippen LogP contribution is -2.32. The van der Waals surface area contributed by atoms with Crippen LogP contribution in [0.4, 0.5) is 0 Å². The third-order valence-electron chi connectivity index (χ3n) is 3.28. The lowest BCUT2D eigenvalue weighted by Gasteiger charge is -2.07. The van der Waals surface area contributed by atoms with Crippen LogP contribution >= 0.6 is 0 Å². The summed E-state index contributed by atoms with van der Waals surface area (Å²) in [7, 11) is 0. The Hall–Kier alpha value is -0.570. The first-order valence-electron chi connectivity index (χ1n) is 5.16. The highest BCUT2D eigenvalue weighted by atomic mass is 16.3. The maximum Gasteiger partial charge on any atom is 0.223 e. The lowest BCUT2D eigenvalue weighted by atomic mass is 10.1. The molecule has 0 radical (unpaired) electrons. The van der Waals surface area contributed by atoms with Gasteiger partial charge in [-0.1, -0.05) is 6.42 Å². The first-order chi connectivity index (χ1) is 6.20. The molecule has 3 heteroatoms. The molecule has 2 aliphatic carbocycles. The van der Waals surface area contributed by atoms with Crippen molar-refractivity contribution in [3.05, 3.63) is 0 Å². The van der Waals surface area contributed by atoms with Crippen molar-refractivity contribution in [1.82, 2.24) is 5.32 Å². The van der Waals surface area contributed by atoms with Crippen LogP contribution in [0.3, 0.4) is 0 Å². The van der Waals surface area contributed by atoms with Gasteiger partial charge in [-0.15, -0.1) is 0 Å². The summed E-state index contributed by atoms with van der Waals surface area (Å²) in [4.78, 5) is 11.5. The highest BCUT2D eigenvalue weighted by molar-refractivity contribution is 5.82. The van der Waals surface area contributed by atoms with Crippen molar-refractivity contribution in [3.63, 3.8) is 0 Å². The Kier molecular flexibility index (Phi) is 2.28. The number of carbonyl (C=O) groups excluding carboxylic acids is 1. The smallest absolute Gasteiger partial charge is 0.223 e. The molecule has 0 aromatic carbocycles. The Morgan fingerprint density at radius 1 is 1.54 bits per heavy atom. The predicted octanol–water partition coefficient (Wildman–Crippen LogP) is 0.529. The average Bonchev–Trinajstić information content (AvgIpc) is 2.56. The fourth-order valence-electron chi connectivity index (χ4n) is 2.58. The van der Waals surface area contributed by atoms with E-state index in [0.717, 1.165) is 0 Å². The second kappa shape index (κ2) is 3.29. The Bertz CT molecular complexity index is 205. The molecule has 3 atom stereocenters. The number of hydrogen-bond donors (Lipinski definition) is 2. The molecule has 0 aromatic heterocycles. The number of carbonyl (C=O) groups is 1. The van der Waals surface area contributed by atoms with E-state index >= 15 is 0 Å². The zero-order valence-electron chi connectivity index (χ0n) is 7.99. The summed E-state index contributed by atoms with van der Waals surface area (Å²) in [5.74, 6) is 1.80. The van der Waals surface area contributed by atoms with Crippen LogP contribution in [-0.2, 0) is 4.79 Å². The first kappa shape index (κ1) is 9.00. The molecule has 74 valence electrons. The summed E-state index contributed by atoms with van der Waals surface area (Å²) in [6.07, 6.45) is 3.34. The topological polar surface area (TPSA) is 49.3 Å². The van der Waals surface area contributed by atoms with Crippen LogP contribution in [0.5, 0.6) is 0 Å². The number of nitrogens with one attached hydrogen (secondary N) is 1. The number of amides is 1. The molecule has 2 fully saturated rings. The fourth-order valence-corrected chi connectivity index (χ4v) is 2.58. The molecule has 0 aliphatic heterocycles. The monoisotopic (exact) mass is 183 g/mol. The van der Waals surface area contributed by atoms with E-state index in [1.807, 2.05) is 0 Å². The number of rotatable bonds is 3. The molecule has 3 nitrogen and oxygen atoms in total. The van der Waals surface area contributed by atoms with Crippen LogP contribution in [0, 0.1) is 17.8 Å². The van der Waals surface area contributed by atoms with Crippen molar-refractivity contribution in [2.75, 3.05) is 6.54 Å². The van der Waals surface area contributed by atoms with Crippen LogP contribution in [0.25, 0.3) is 0 Å². The van der Waals surface area contributed by atoms with Crippen molar-refractivity contribution in [2.45, 2.75) is 32.3 Å². The Morgan fingerprint density at radius 2 is 2.15 bits per heavy atom. The molecule has 2 saturated carbocycles. The highest BCUT2D eigenvalue weighted by Crippen LogP contribution is 2.57. The standard InChI is InChI=1S/C10H17NO2/c1-6(12)5-11-10(13)9-7-3-2-4-8(7)9/h6-9,12H,2-5H2,1H3,(H,11,13)/t6-,7?,8?,9?/m1/s1. The van der Waals surface area contributed by atoms with Crippen molar-refractivity contribution in [3.8, 4) is 0 Å². The van der Waals surface area contributed by atoms with Crippen molar-refractivity contribution < 1.29 is 9.90 Å². The zero-order chi connectivity index (χ0) is 9.42. The van der Waals surface area contributed by atoms with E-state index in [2.05, 4.69) is 5.32 Å². The summed E-state index contributed by atoms with van der Waals surface area (Å²) in [6.45, 7) is 2.09. The predicted molar refractivity (Wildman–Crippen MR) is 49.0 cm³/mol. The van der Waals surface area contributed by atoms with Crippen molar-refractivity contribution in [2.24, 2.45) is 17.8 Å². The second-order valence-corrected chi connectivity index (χ2v) is 4.38. The molecular formula is C10H17NO2. The van der Waals surface area contributed by atoms with Crippen LogP contribution in [0.1, 0.15) is 26.2 Å². The number of hydrogen-bond acceptors (Lipinski definition) is 2. The van der Waals surface area contributed by atoms with Gasteiger partial charge in [0.15, 0.2) is 0 Å². The third kappa shape index (κ3) is 1.70. The largest absolute Gasteiger partial charge is 0.392 e. The minimum absolute atomic E-state index is 0.163. The van der Waals surface area contributed by atoms with Gasteiger partial charge in [0, 0.05) is 12.5 Å². The molecule has 2 aliphatic rings. The fraction of sp³-hybridized carbons (Fsp3) is 0.900. The third-order valence-corrected chi connectivity index (χ3v) is 3.28. The van der Waals surface area contributed by atoms with Crippen LogP contribution in [0.15, 0.2) is 0 Å². The number of aliphatic hydroxyl groups is 1. The summed E-state index contributed by atoms with van der Waals surface area (Å²) < 4.78 is 0. The zero-order valence-corrected chi connectivity index (χ0v) is 7.99. The van der Waals surface area contributed by atoms with E-state index in [9.17, 15) is 4.79 Å². The molecular weight excluding hydrogens is 166 g/mol. The molecule has 0 saturated heterocycles. The van der Waals surface area contributed by atoms with Gasteiger partial charge in [0.1, 0.15) is 0 Å². The van der Waals surface area contributed by atoms with Crippen molar-refractivity contribution in [1.29, 1.82) is 0 Å².